The number of rotatable bonds is 4. The highest BCUT2D eigenvalue weighted by molar-refractivity contribution is 6.10. The third-order valence-corrected chi connectivity index (χ3v) is 2.80. The quantitative estimate of drug-likeness (QED) is 0.836. The minimum absolute atomic E-state index is 0.0454. The molecule has 0 bridgehead atoms. The van der Waals surface area contributed by atoms with Gasteiger partial charge in [-0.25, -0.2) is 0 Å². The summed E-state index contributed by atoms with van der Waals surface area (Å²) < 4.78 is 5.19. The number of ether oxygens (including phenoxy) is 1. The van der Waals surface area contributed by atoms with Gasteiger partial charge in [-0.15, -0.1) is 0 Å². The number of hydrogen-bond acceptors (Lipinski definition) is 3. The number of ketones is 1. The van der Waals surface area contributed by atoms with Gasteiger partial charge in [0.1, 0.15) is 5.75 Å². The smallest absolute Gasteiger partial charge is 0.196 e. The molecule has 2 rings (SSSR count). The van der Waals surface area contributed by atoms with Crippen molar-refractivity contribution in [1.29, 1.82) is 0 Å². The minimum atomic E-state index is -0.0454. The van der Waals surface area contributed by atoms with E-state index in [1.807, 2.05) is 24.3 Å². The van der Waals surface area contributed by atoms with E-state index in [0.29, 0.717) is 23.4 Å². The molecule has 0 spiro atoms. The Morgan fingerprint density at radius 3 is 2.39 bits per heavy atom. The van der Waals surface area contributed by atoms with Gasteiger partial charge in [0.25, 0.3) is 0 Å². The van der Waals surface area contributed by atoms with Crippen molar-refractivity contribution >= 4 is 5.78 Å². The molecule has 0 aliphatic rings. The molecule has 2 N–H and O–H groups in total. The molecule has 0 heterocycles. The van der Waals surface area contributed by atoms with Crippen molar-refractivity contribution in [2.45, 2.75) is 6.54 Å². The standard InChI is InChI=1S/C15H15NO2/c1-18-14-5-3-2-4-13(14)15(17)12-8-6-11(10-16)7-9-12/h2-9H,10,16H2,1H3. The first-order chi connectivity index (χ1) is 8.76. The lowest BCUT2D eigenvalue weighted by atomic mass is 10.0. The van der Waals surface area contributed by atoms with Crippen LogP contribution in [-0.2, 0) is 6.54 Å². The summed E-state index contributed by atoms with van der Waals surface area (Å²) in [6.07, 6.45) is 0. The van der Waals surface area contributed by atoms with Gasteiger partial charge in [-0.3, -0.25) is 4.79 Å². The number of para-hydroxylation sites is 1. The van der Waals surface area contributed by atoms with Gasteiger partial charge >= 0.3 is 0 Å². The SMILES string of the molecule is COc1ccccc1C(=O)c1ccc(CN)cc1. The number of methoxy groups -OCH3 is 1. The van der Waals surface area contributed by atoms with Crippen LogP contribution in [0.15, 0.2) is 48.5 Å². The summed E-state index contributed by atoms with van der Waals surface area (Å²) in [4.78, 5) is 12.3. The first kappa shape index (κ1) is 12.3. The number of hydrogen-bond donors (Lipinski definition) is 1. The number of carbonyl (C=O) groups is 1. The summed E-state index contributed by atoms with van der Waals surface area (Å²) in [5, 5.41) is 0. The molecule has 0 saturated heterocycles. The van der Waals surface area contributed by atoms with E-state index < -0.39 is 0 Å². The Kier molecular flexibility index (Phi) is 3.75. The van der Waals surface area contributed by atoms with Crippen molar-refractivity contribution in [3.63, 3.8) is 0 Å². The Bertz CT molecular complexity index is 547. The topological polar surface area (TPSA) is 52.3 Å². The summed E-state index contributed by atoms with van der Waals surface area (Å²) in [5.74, 6) is 0.543. The van der Waals surface area contributed by atoms with Crippen LogP contribution >= 0.6 is 0 Å². The third kappa shape index (κ3) is 2.41. The van der Waals surface area contributed by atoms with Crippen LogP contribution in [0.2, 0.25) is 0 Å². The van der Waals surface area contributed by atoms with Gasteiger partial charge in [0.05, 0.1) is 12.7 Å². The molecule has 2 aromatic rings. The van der Waals surface area contributed by atoms with Gasteiger partial charge in [0, 0.05) is 12.1 Å². The van der Waals surface area contributed by atoms with Crippen molar-refractivity contribution in [2.24, 2.45) is 5.73 Å². The second-order valence-corrected chi connectivity index (χ2v) is 3.93. The molecule has 92 valence electrons. The molecular weight excluding hydrogens is 226 g/mol. The predicted molar refractivity (Wildman–Crippen MR) is 70.8 cm³/mol. The Balaban J connectivity index is 2.35. The normalized spacial score (nSPS) is 10.1. The number of benzene rings is 2. The molecule has 2 aromatic carbocycles. The zero-order valence-corrected chi connectivity index (χ0v) is 10.2. The lowest BCUT2D eigenvalue weighted by Crippen LogP contribution is -2.04. The molecule has 0 amide bonds. The maximum absolute atomic E-state index is 12.3. The van der Waals surface area contributed by atoms with E-state index in [0.717, 1.165) is 5.56 Å². The van der Waals surface area contributed by atoms with Crippen molar-refractivity contribution < 1.29 is 9.53 Å². The van der Waals surface area contributed by atoms with E-state index in [-0.39, 0.29) is 5.78 Å². The van der Waals surface area contributed by atoms with Gasteiger partial charge in [0.2, 0.25) is 0 Å². The lowest BCUT2D eigenvalue weighted by molar-refractivity contribution is 0.103. The van der Waals surface area contributed by atoms with Crippen molar-refractivity contribution in [1.82, 2.24) is 0 Å². The summed E-state index contributed by atoms with van der Waals surface area (Å²) >= 11 is 0. The Hall–Kier alpha value is -2.13. The fourth-order valence-corrected chi connectivity index (χ4v) is 1.78. The van der Waals surface area contributed by atoms with E-state index in [9.17, 15) is 4.79 Å². The van der Waals surface area contributed by atoms with E-state index in [1.165, 1.54) is 0 Å². The van der Waals surface area contributed by atoms with Crippen molar-refractivity contribution in [3.8, 4) is 5.75 Å². The van der Waals surface area contributed by atoms with Gasteiger partial charge < -0.3 is 10.5 Å². The molecule has 3 heteroatoms. The summed E-state index contributed by atoms with van der Waals surface area (Å²) in [5.41, 5.74) is 7.74. The first-order valence-electron chi connectivity index (χ1n) is 5.73. The van der Waals surface area contributed by atoms with Crippen LogP contribution in [0.4, 0.5) is 0 Å². The van der Waals surface area contributed by atoms with Gasteiger partial charge in [-0.1, -0.05) is 36.4 Å². The van der Waals surface area contributed by atoms with Crippen LogP contribution < -0.4 is 10.5 Å². The predicted octanol–water partition coefficient (Wildman–Crippen LogP) is 2.38. The second kappa shape index (κ2) is 5.47. The molecule has 0 aliphatic carbocycles. The fraction of sp³-hybridized carbons (Fsp3) is 0.133. The van der Waals surface area contributed by atoms with Crippen LogP contribution in [0.1, 0.15) is 21.5 Å². The van der Waals surface area contributed by atoms with Crippen LogP contribution in [0.5, 0.6) is 5.75 Å². The maximum atomic E-state index is 12.3. The summed E-state index contributed by atoms with van der Waals surface area (Å²) in [6, 6.07) is 14.5. The molecule has 0 fully saturated rings. The molecule has 0 saturated carbocycles. The largest absolute Gasteiger partial charge is 0.496 e. The third-order valence-electron chi connectivity index (χ3n) is 2.80. The molecule has 18 heavy (non-hydrogen) atoms. The zero-order chi connectivity index (χ0) is 13.0. The van der Waals surface area contributed by atoms with Crippen LogP contribution in [0.25, 0.3) is 0 Å². The average molecular weight is 241 g/mol. The van der Waals surface area contributed by atoms with Crippen molar-refractivity contribution in [3.05, 3.63) is 65.2 Å². The highest BCUT2D eigenvalue weighted by Crippen LogP contribution is 2.21. The van der Waals surface area contributed by atoms with Crippen LogP contribution in [0, 0.1) is 0 Å². The van der Waals surface area contributed by atoms with E-state index in [1.54, 1.807) is 31.4 Å². The monoisotopic (exact) mass is 241 g/mol. The summed E-state index contributed by atoms with van der Waals surface area (Å²) in [6.45, 7) is 0.475. The van der Waals surface area contributed by atoms with Crippen LogP contribution in [0.3, 0.4) is 0 Å². The molecule has 0 unspecified atom stereocenters. The summed E-state index contributed by atoms with van der Waals surface area (Å²) in [7, 11) is 1.56. The van der Waals surface area contributed by atoms with Crippen LogP contribution in [-0.4, -0.2) is 12.9 Å². The second-order valence-electron chi connectivity index (χ2n) is 3.93. The zero-order valence-electron chi connectivity index (χ0n) is 10.2. The van der Waals surface area contributed by atoms with Crippen molar-refractivity contribution in [2.75, 3.05) is 7.11 Å². The highest BCUT2D eigenvalue weighted by Gasteiger charge is 2.13. The molecule has 0 radical (unpaired) electrons. The molecule has 0 aliphatic heterocycles. The fourth-order valence-electron chi connectivity index (χ4n) is 1.78. The van der Waals surface area contributed by atoms with E-state index >= 15 is 0 Å². The van der Waals surface area contributed by atoms with E-state index in [2.05, 4.69) is 0 Å². The Morgan fingerprint density at radius 1 is 1.11 bits per heavy atom. The van der Waals surface area contributed by atoms with Gasteiger partial charge in [-0.2, -0.15) is 0 Å². The molecule has 0 aromatic heterocycles. The molecular formula is C15H15NO2. The Labute approximate surface area is 106 Å². The molecule has 0 atom stereocenters. The van der Waals surface area contributed by atoms with E-state index in [4.69, 9.17) is 10.5 Å². The Morgan fingerprint density at radius 2 is 1.78 bits per heavy atom. The lowest BCUT2D eigenvalue weighted by Gasteiger charge is -2.07. The average Bonchev–Trinajstić information content (AvgIpc) is 2.46. The number of nitrogens with two attached hydrogens (primary N) is 1. The van der Waals surface area contributed by atoms with Gasteiger partial charge in [-0.05, 0) is 17.7 Å². The molecule has 3 nitrogen and oxygen atoms in total. The first-order valence-corrected chi connectivity index (χ1v) is 5.73. The number of carbonyl (C=O) groups excluding carboxylic acids is 1. The highest BCUT2D eigenvalue weighted by atomic mass is 16.5. The maximum Gasteiger partial charge on any atom is 0.196 e. The van der Waals surface area contributed by atoms with Gasteiger partial charge in [0.15, 0.2) is 5.78 Å². The minimum Gasteiger partial charge on any atom is -0.496 e.